The van der Waals surface area contributed by atoms with Crippen LogP contribution in [0.3, 0.4) is 0 Å². The number of benzene rings is 12. The Morgan fingerprint density at radius 1 is 0.262 bits per heavy atom. The maximum atomic E-state index is 9.99. The fraction of sp³-hybridized carbons (Fsp3) is 0.238. The predicted octanol–water partition coefficient (Wildman–Crippen LogP) is 29.5. The van der Waals surface area contributed by atoms with E-state index in [9.17, 15) is 21.0 Å². The fourth-order valence-electron chi connectivity index (χ4n) is 22.2. The van der Waals surface area contributed by atoms with Gasteiger partial charge < -0.3 is 17.7 Å². The molecule has 141 heavy (non-hydrogen) atoms. The number of hydrogen-bond donors (Lipinski definition) is 0. The lowest BCUT2D eigenvalue weighted by Crippen LogP contribution is -2.49. The average molecular weight is 1900 g/mol. The molecule has 12 nitrogen and oxygen atoms in total. The summed E-state index contributed by atoms with van der Waals surface area (Å²) in [5.74, 6) is 0.656. The minimum absolute atomic E-state index is 0.637. The highest BCUT2D eigenvalue weighted by Gasteiger charge is 2.37. The van der Waals surface area contributed by atoms with Crippen LogP contribution in [0.1, 0.15) is 128 Å². The van der Waals surface area contributed by atoms with E-state index in [1.54, 1.807) is 0 Å². The summed E-state index contributed by atoms with van der Waals surface area (Å²) in [7, 11) is 4.01. The number of rotatable bonds is 12. The van der Waals surface area contributed by atoms with Gasteiger partial charge in [0, 0.05) is 139 Å². The zero-order chi connectivity index (χ0) is 100. The molecule has 1 saturated carbocycles. The molecule has 21 rings (SSSR count). The molecule has 15 heteroatoms. The summed E-state index contributed by atoms with van der Waals surface area (Å²) >= 11 is 0. The zero-order valence-electron chi connectivity index (χ0n) is 86.0. The van der Waals surface area contributed by atoms with Crippen molar-refractivity contribution in [3.63, 3.8) is 0 Å². The number of nitriles is 4. The van der Waals surface area contributed by atoms with Gasteiger partial charge in [0.1, 0.15) is 72.9 Å². The molecule has 0 unspecified atom stereocenters. The maximum absolute atomic E-state index is 9.99. The Bertz CT molecular complexity index is 8410. The highest BCUT2D eigenvalue weighted by molar-refractivity contribution is 6.90. The monoisotopic (exact) mass is 1900 g/mol. The topological polar surface area (TPSA) is 163 Å². The van der Waals surface area contributed by atoms with E-state index in [1.165, 1.54) is 98.3 Å². The third kappa shape index (κ3) is 17.2. The Labute approximate surface area is 832 Å². The van der Waals surface area contributed by atoms with Crippen LogP contribution in [0, 0.1) is 121 Å². The number of furan rings is 4. The van der Waals surface area contributed by atoms with Crippen LogP contribution in [0.25, 0.3) is 177 Å². The van der Waals surface area contributed by atoms with E-state index in [0.29, 0.717) is 28.2 Å². The molecule has 0 spiro atoms. The Balaban J connectivity index is 0.000000124. The van der Waals surface area contributed by atoms with Crippen LogP contribution < -0.4 is 33.8 Å². The van der Waals surface area contributed by atoms with Crippen molar-refractivity contribution in [2.24, 2.45) is 28.2 Å². The molecule has 8 heterocycles. The first-order chi connectivity index (χ1) is 67.5. The summed E-state index contributed by atoms with van der Waals surface area (Å²) in [5, 5.41) is 51.8. The normalized spacial score (nSPS) is 12.5. The quantitative estimate of drug-likeness (QED) is 0.0862. The summed E-state index contributed by atoms with van der Waals surface area (Å²) in [6.45, 7) is 45.8. The summed E-state index contributed by atoms with van der Waals surface area (Å²) in [5.41, 5.74) is 41.9. The molecule has 20 aromatic rings. The summed E-state index contributed by atoms with van der Waals surface area (Å²) < 4.78 is 36.2. The van der Waals surface area contributed by atoms with Crippen LogP contribution in [0.2, 0.25) is 58.9 Å². The standard InChI is InChI=1S/C34H33N2O.2C31H31N2OSi.C30H29N2OSi/c1-21-15-17-28-32-26(20-35)16-18-27(24-11-7-5-8-12-24)33(32)37-34(28)31(21)29-19-22(2)30(23(3)36(29)4)25-13-9-6-10-14-25;2*1-19-13-15-25-29-23(18-32)14-16-24(22-11-9-8-10-12-22)30(29)34-31(25)28(19)26-17-27(35(5,6)7)20(2)21(3)33(26)4;1-19-12-14-24-28-22(18-31)13-15-23(21-10-8-7-9-11-21)29(28)33-30(24)27(19)25-16-17-26(34(4,5)6)20(2)32(25)3/h5,7-8,11-12,15-19,25H,6,9-10,13-14H2,1-4H3;2*8-17H,1-7H3;7-17H,1-6H3/q4*+1. The average Bonchev–Trinajstić information content (AvgIpc) is 1.59. The molecular formula is C126H124N8O4Si3+4. The molecule has 1 fully saturated rings. The van der Waals surface area contributed by atoms with Crippen LogP contribution in [-0.2, 0) is 28.2 Å². The highest BCUT2D eigenvalue weighted by Crippen LogP contribution is 2.49. The number of pyridine rings is 4. The first-order valence-electron chi connectivity index (χ1n) is 49.3. The van der Waals surface area contributed by atoms with Crippen molar-refractivity contribution in [1.29, 1.82) is 21.0 Å². The molecule has 0 radical (unpaired) electrons. The predicted molar refractivity (Wildman–Crippen MR) is 589 cm³/mol. The fourth-order valence-corrected chi connectivity index (χ4v) is 27.8. The Morgan fingerprint density at radius 2 is 0.532 bits per heavy atom. The van der Waals surface area contributed by atoms with Gasteiger partial charge in [0.15, 0.2) is 22.8 Å². The molecule has 0 atom stereocenters. The third-order valence-electron chi connectivity index (χ3n) is 30.2. The lowest BCUT2D eigenvalue weighted by atomic mass is 9.81. The lowest BCUT2D eigenvalue weighted by Gasteiger charge is -2.24. The van der Waals surface area contributed by atoms with Gasteiger partial charge in [0.25, 0.3) is 0 Å². The number of aryl methyl sites for hydroxylation is 5. The van der Waals surface area contributed by atoms with E-state index in [0.717, 1.165) is 194 Å². The van der Waals surface area contributed by atoms with Gasteiger partial charge in [-0.25, -0.2) is 0 Å². The number of fused-ring (bicyclic) bond motifs is 12. The number of hydrogen-bond acceptors (Lipinski definition) is 8. The summed E-state index contributed by atoms with van der Waals surface area (Å²) in [6.07, 6.45) is 6.60. The van der Waals surface area contributed by atoms with Crippen LogP contribution in [-0.4, -0.2) is 24.2 Å². The molecular weight excluding hydrogens is 1770 g/mol. The highest BCUT2D eigenvalue weighted by atomic mass is 28.3. The minimum Gasteiger partial charge on any atom is -0.454 e. The molecule has 700 valence electrons. The van der Waals surface area contributed by atoms with E-state index >= 15 is 0 Å². The summed E-state index contributed by atoms with van der Waals surface area (Å²) in [4.78, 5) is 0. The second kappa shape index (κ2) is 38.0. The third-order valence-corrected chi connectivity index (χ3v) is 36.6. The Kier molecular flexibility index (Phi) is 26.0. The molecule has 0 bridgehead atoms. The number of nitrogens with zero attached hydrogens (tertiary/aromatic N) is 8. The molecule has 1 aliphatic rings. The molecule has 0 aliphatic heterocycles. The van der Waals surface area contributed by atoms with E-state index in [-0.39, 0.29) is 0 Å². The Hall–Kier alpha value is -14.9. The van der Waals surface area contributed by atoms with Crippen molar-refractivity contribution in [1.82, 2.24) is 0 Å². The molecule has 0 saturated heterocycles. The van der Waals surface area contributed by atoms with Gasteiger partial charge in [-0.05, 0) is 176 Å². The smallest absolute Gasteiger partial charge is 0.216 e. The first kappa shape index (κ1) is 96.3. The van der Waals surface area contributed by atoms with Gasteiger partial charge >= 0.3 is 0 Å². The first-order valence-corrected chi connectivity index (χ1v) is 59.8. The van der Waals surface area contributed by atoms with Gasteiger partial charge in [-0.3, -0.25) is 0 Å². The van der Waals surface area contributed by atoms with Gasteiger partial charge in [-0.15, -0.1) is 0 Å². The number of aromatic nitrogens is 4. The maximum Gasteiger partial charge on any atom is 0.216 e. The van der Waals surface area contributed by atoms with Crippen LogP contribution in [0.4, 0.5) is 0 Å². The minimum atomic E-state index is -1.57. The van der Waals surface area contributed by atoms with Gasteiger partial charge in [0.2, 0.25) is 22.8 Å². The summed E-state index contributed by atoms with van der Waals surface area (Å²) in [6, 6.07) is 95.0. The lowest BCUT2D eigenvalue weighted by molar-refractivity contribution is -0.667. The van der Waals surface area contributed by atoms with E-state index in [2.05, 4.69) is 333 Å². The van der Waals surface area contributed by atoms with Gasteiger partial charge in [-0.1, -0.05) is 254 Å². The van der Waals surface area contributed by atoms with Gasteiger partial charge in [-0.2, -0.15) is 39.3 Å². The van der Waals surface area contributed by atoms with Crippen molar-refractivity contribution in [2.75, 3.05) is 0 Å². The second-order valence-electron chi connectivity index (χ2n) is 41.9. The van der Waals surface area contributed by atoms with Crippen molar-refractivity contribution in [2.45, 2.75) is 173 Å². The van der Waals surface area contributed by atoms with Gasteiger partial charge in [0.05, 0.1) is 93.0 Å². The Morgan fingerprint density at radius 3 is 0.816 bits per heavy atom. The van der Waals surface area contributed by atoms with Crippen LogP contribution >= 0.6 is 0 Å². The molecule has 0 amide bonds. The zero-order valence-corrected chi connectivity index (χ0v) is 89.0. The van der Waals surface area contributed by atoms with E-state index < -0.39 is 24.2 Å². The largest absolute Gasteiger partial charge is 0.454 e. The molecule has 8 aromatic heterocycles. The van der Waals surface area contributed by atoms with E-state index in [1.807, 2.05) is 121 Å². The molecule has 12 aromatic carbocycles. The van der Waals surface area contributed by atoms with Crippen molar-refractivity contribution >= 4 is 128 Å². The van der Waals surface area contributed by atoms with Crippen molar-refractivity contribution in [3.05, 3.63) is 338 Å². The second-order valence-corrected chi connectivity index (χ2v) is 57.0. The SMILES string of the molecule is Cc1cc(-c2c(C)ccc3c2oc2c(-c4ccccc4)ccc(C#N)c23)[n+](C)c(C)c1C1CCCCC1.Cc1ccc2c(oc3c(-c4ccccc4)ccc(C#N)c32)c1-c1cc([Si](C)(C)C)c(C)c(C)[n+]1C.Cc1ccc2c(oc3c(-c4ccccc4)ccc(C#N)c32)c1-c1cc([Si](C)(C)C)c(C)c(C)[n+]1C.Cc1ccc2c(oc3c(-c4ccccc4)ccc(C#N)c32)c1-c1ccc([Si](C)(C)C)c(C)[n+]1C. The van der Waals surface area contributed by atoms with Crippen LogP contribution in [0.15, 0.2) is 266 Å². The van der Waals surface area contributed by atoms with E-state index in [4.69, 9.17) is 17.7 Å². The van der Waals surface area contributed by atoms with Crippen molar-refractivity contribution < 1.29 is 35.9 Å². The molecule has 0 N–H and O–H groups in total. The molecule has 1 aliphatic carbocycles. The van der Waals surface area contributed by atoms with Crippen LogP contribution in [0.5, 0.6) is 0 Å². The van der Waals surface area contributed by atoms with Crippen molar-refractivity contribution in [3.8, 4) is 114 Å².